The highest BCUT2D eigenvalue weighted by Crippen LogP contribution is 2.39. The predicted octanol–water partition coefficient (Wildman–Crippen LogP) is 5.34. The number of rotatable bonds is 8. The zero-order valence-electron chi connectivity index (χ0n) is 33.1. The Hall–Kier alpha value is -6.28. The smallest absolute Gasteiger partial charge is 0.256 e. The summed E-state index contributed by atoms with van der Waals surface area (Å²) in [6, 6.07) is 10.5. The van der Waals surface area contributed by atoms with Crippen LogP contribution in [0, 0.1) is 34.9 Å². The van der Waals surface area contributed by atoms with Gasteiger partial charge in [-0.1, -0.05) is 11.6 Å². The van der Waals surface area contributed by atoms with E-state index >= 15 is 8.78 Å². The molecule has 314 valence electrons. The lowest BCUT2D eigenvalue weighted by atomic mass is 9.74. The average Bonchev–Trinajstić information content (AvgIpc) is 3.57. The van der Waals surface area contributed by atoms with E-state index in [1.165, 1.54) is 23.4 Å². The van der Waals surface area contributed by atoms with E-state index in [1.54, 1.807) is 24.3 Å². The molecule has 3 fully saturated rings. The summed E-state index contributed by atoms with van der Waals surface area (Å²) in [5.41, 5.74) is 3.17. The van der Waals surface area contributed by atoms with Crippen LogP contribution in [-0.2, 0) is 29.1 Å². The molecule has 4 aliphatic heterocycles. The maximum Gasteiger partial charge on any atom is 0.256 e. The number of imide groups is 1. The van der Waals surface area contributed by atoms with E-state index < -0.39 is 35.5 Å². The number of hydrogen-bond donors (Lipinski definition) is 3. The zero-order chi connectivity index (χ0) is 42.4. The molecule has 3 aromatic heterocycles. The Bertz CT molecular complexity index is 2480. The lowest BCUT2D eigenvalue weighted by molar-refractivity contribution is -0.136. The molecule has 1 unspecified atom stereocenters. The fourth-order valence-corrected chi connectivity index (χ4v) is 9.76. The van der Waals surface area contributed by atoms with Crippen molar-refractivity contribution in [2.24, 2.45) is 11.8 Å². The van der Waals surface area contributed by atoms with Gasteiger partial charge in [0.1, 0.15) is 46.9 Å². The predicted molar refractivity (Wildman–Crippen MR) is 219 cm³/mol. The van der Waals surface area contributed by atoms with Crippen molar-refractivity contribution in [3.05, 3.63) is 93.2 Å². The number of benzene rings is 1. The lowest BCUT2D eigenvalue weighted by Gasteiger charge is -2.40. The van der Waals surface area contributed by atoms with Gasteiger partial charge in [-0.2, -0.15) is 9.65 Å². The van der Waals surface area contributed by atoms with Crippen LogP contribution in [0.25, 0.3) is 0 Å². The van der Waals surface area contributed by atoms with Gasteiger partial charge in [-0.3, -0.25) is 24.5 Å². The van der Waals surface area contributed by atoms with Gasteiger partial charge in [-0.15, -0.1) is 0 Å². The molecule has 1 aromatic carbocycles. The third-order valence-electron chi connectivity index (χ3n) is 12.9. The van der Waals surface area contributed by atoms with Crippen molar-refractivity contribution in [1.29, 1.82) is 5.26 Å². The average molecular weight is 850 g/mol. The minimum Gasteiger partial charge on any atom is -0.369 e. The van der Waals surface area contributed by atoms with Gasteiger partial charge >= 0.3 is 0 Å². The van der Waals surface area contributed by atoms with E-state index in [1.807, 2.05) is 15.9 Å². The van der Waals surface area contributed by atoms with Crippen LogP contribution in [-0.4, -0.2) is 80.2 Å². The first-order valence-corrected chi connectivity index (χ1v) is 21.0. The maximum atomic E-state index is 15.5. The van der Waals surface area contributed by atoms with Crippen LogP contribution in [0.15, 0.2) is 42.7 Å². The van der Waals surface area contributed by atoms with Crippen LogP contribution in [0.1, 0.15) is 94.5 Å². The van der Waals surface area contributed by atoms with Crippen LogP contribution < -0.4 is 25.8 Å². The number of hydrogen-bond acceptors (Lipinski definition) is 12. The van der Waals surface area contributed by atoms with Crippen molar-refractivity contribution < 1.29 is 28.0 Å². The summed E-state index contributed by atoms with van der Waals surface area (Å²) in [4.78, 5) is 73.1. The first-order chi connectivity index (χ1) is 29.5. The summed E-state index contributed by atoms with van der Waals surface area (Å²) < 4.78 is 30.8. The highest BCUT2D eigenvalue weighted by atomic mass is 35.5. The van der Waals surface area contributed by atoms with Crippen molar-refractivity contribution in [2.45, 2.75) is 83.0 Å². The van der Waals surface area contributed by atoms with E-state index in [4.69, 9.17) is 11.6 Å². The van der Waals surface area contributed by atoms with Crippen LogP contribution >= 0.6 is 11.6 Å². The van der Waals surface area contributed by atoms with Crippen molar-refractivity contribution in [2.75, 3.05) is 34.8 Å². The van der Waals surface area contributed by atoms with Crippen LogP contribution in [0.5, 0.6) is 0 Å². The summed E-state index contributed by atoms with van der Waals surface area (Å²) in [5.74, 6) is -0.874. The number of nitrogens with zero attached hydrogens (tertiary/aromatic N) is 8. The summed E-state index contributed by atoms with van der Waals surface area (Å²) in [7, 11) is 0. The molecule has 1 saturated carbocycles. The van der Waals surface area contributed by atoms with Gasteiger partial charge in [0, 0.05) is 49.8 Å². The second-order valence-corrected chi connectivity index (χ2v) is 16.7. The molecule has 5 aliphatic rings. The number of halogens is 3. The highest BCUT2D eigenvalue weighted by molar-refractivity contribution is 6.30. The Morgan fingerprint density at radius 1 is 0.885 bits per heavy atom. The molecule has 1 aliphatic carbocycles. The van der Waals surface area contributed by atoms with Gasteiger partial charge in [-0.25, -0.2) is 24.3 Å². The molecule has 1 atom stereocenters. The molecular weight excluding hydrogens is 808 g/mol. The van der Waals surface area contributed by atoms with Gasteiger partial charge < -0.3 is 25.3 Å². The van der Waals surface area contributed by atoms with Gasteiger partial charge in [0.15, 0.2) is 0 Å². The molecule has 0 bridgehead atoms. The van der Waals surface area contributed by atoms with Gasteiger partial charge in [0.2, 0.25) is 17.8 Å². The topological polar surface area (TPSA) is 189 Å². The van der Waals surface area contributed by atoms with Crippen molar-refractivity contribution >= 4 is 58.4 Å². The number of aromatic nitrogens is 4. The number of carbonyl (C=O) groups excluding carboxylic acids is 4. The number of fused-ring (bicyclic) bond motifs is 2. The Morgan fingerprint density at radius 3 is 2.41 bits per heavy atom. The number of pyridine rings is 2. The summed E-state index contributed by atoms with van der Waals surface area (Å²) in [6.45, 7) is 2.56. The van der Waals surface area contributed by atoms with Gasteiger partial charge in [0.25, 0.3) is 11.8 Å². The fraction of sp³-hybridized carbons (Fsp3) is 0.419. The van der Waals surface area contributed by atoms with Crippen LogP contribution in [0.4, 0.5) is 31.9 Å². The maximum absolute atomic E-state index is 15.5. The molecule has 0 radical (unpaired) electrons. The highest BCUT2D eigenvalue weighted by Gasteiger charge is 2.40. The largest absolute Gasteiger partial charge is 0.369 e. The number of nitriles is 1. The van der Waals surface area contributed by atoms with Crippen LogP contribution in [0.2, 0.25) is 5.15 Å². The summed E-state index contributed by atoms with van der Waals surface area (Å²) in [5, 5.41) is 17.7. The molecule has 3 N–H and O–H groups in total. The van der Waals surface area contributed by atoms with Crippen LogP contribution in [0.3, 0.4) is 0 Å². The quantitative estimate of drug-likeness (QED) is 0.153. The molecule has 61 heavy (non-hydrogen) atoms. The van der Waals surface area contributed by atoms with Crippen molar-refractivity contribution in [3.63, 3.8) is 0 Å². The molecular formula is C43H42ClF2N11O4. The van der Waals surface area contributed by atoms with E-state index in [0.29, 0.717) is 72.9 Å². The second-order valence-electron chi connectivity index (χ2n) is 16.4. The SMILES string of the molecule is N#Cc1ccc(N2CCc3c(ncnc3Nc3ccc(C(=O)NC4CCC(C5CCN(c6cc7c(cc6F)C(=O)N(C6CCC(=O)NC6=O)C7)CC5)CC4)c(F)n3)C2)nc1Cl. The zero-order valence-corrected chi connectivity index (χ0v) is 33.9. The molecule has 2 saturated heterocycles. The number of amides is 4. The normalized spacial score (nSPS) is 21.7. The van der Waals surface area contributed by atoms with E-state index in [9.17, 15) is 24.4 Å². The van der Waals surface area contributed by atoms with E-state index in [-0.39, 0.29) is 53.4 Å². The lowest BCUT2D eigenvalue weighted by Crippen LogP contribution is -2.52. The molecule has 9 rings (SSSR count). The standard InChI is InChI=1S/C43H42ClF2N11O4/c44-38-25(19-47)3-9-36(53-38)56-16-13-28-32(21-56)48-22-49-40(28)52-35-8-6-29(39(46)51-35)41(59)50-27-4-1-23(2-5-27)24-11-14-55(15-12-24)34-17-26-20-57(43(61)30(26)18-31(34)45)33-7-10-37(58)54-42(33)60/h3,6,8-9,17-18,22-24,27,33H,1-2,4-5,7,10-16,20-21H2,(H,50,59)(H,54,58,60)(H,48,49,51,52). The molecule has 7 heterocycles. The number of piperidine rings is 2. The summed E-state index contributed by atoms with van der Waals surface area (Å²) in [6.07, 6.45) is 7.55. The third-order valence-corrected chi connectivity index (χ3v) is 13.2. The monoisotopic (exact) mass is 849 g/mol. The molecule has 15 nitrogen and oxygen atoms in total. The Morgan fingerprint density at radius 2 is 1.67 bits per heavy atom. The van der Waals surface area contributed by atoms with Crippen molar-refractivity contribution in [3.8, 4) is 6.07 Å². The van der Waals surface area contributed by atoms with E-state index in [0.717, 1.165) is 49.8 Å². The Kier molecular flexibility index (Phi) is 11.0. The molecule has 4 aromatic rings. The Balaban J connectivity index is 0.750. The minimum atomic E-state index is -0.890. The first kappa shape index (κ1) is 40.1. The molecule has 18 heteroatoms. The van der Waals surface area contributed by atoms with Gasteiger partial charge in [-0.05, 0) is 105 Å². The first-order valence-electron chi connectivity index (χ1n) is 20.6. The number of carbonyl (C=O) groups is 4. The van der Waals surface area contributed by atoms with Crippen molar-refractivity contribution in [1.82, 2.24) is 35.5 Å². The Labute approximate surface area is 354 Å². The fourth-order valence-electron chi connectivity index (χ4n) is 9.56. The second kappa shape index (κ2) is 16.6. The van der Waals surface area contributed by atoms with E-state index in [2.05, 4.69) is 35.9 Å². The third kappa shape index (κ3) is 8.04. The van der Waals surface area contributed by atoms with Gasteiger partial charge in [0.05, 0.1) is 29.1 Å². The number of anilines is 4. The minimum absolute atomic E-state index is 0.0911. The summed E-state index contributed by atoms with van der Waals surface area (Å²) >= 11 is 6.16. The molecule has 0 spiro atoms. The molecule has 4 amide bonds. The number of nitrogens with one attached hydrogen (secondary N) is 3.